The average Bonchev–Trinajstić information content (AvgIpc) is 3.23. The number of halogens is 3. The van der Waals surface area contributed by atoms with Crippen molar-refractivity contribution in [2.75, 3.05) is 30.0 Å². The van der Waals surface area contributed by atoms with E-state index in [9.17, 15) is 17.6 Å². The molecule has 3 aromatic rings. The molecule has 2 fully saturated rings. The molecule has 1 saturated heterocycles. The fourth-order valence-electron chi connectivity index (χ4n) is 5.33. The van der Waals surface area contributed by atoms with Gasteiger partial charge in [-0.1, -0.05) is 23.2 Å². The van der Waals surface area contributed by atoms with Gasteiger partial charge in [-0.05, 0) is 50.7 Å². The van der Waals surface area contributed by atoms with Gasteiger partial charge in [0.2, 0.25) is 27.8 Å². The maximum atomic E-state index is 14.8. The second-order valence-electron chi connectivity index (χ2n) is 10.1. The molecule has 210 valence electrons. The number of anilines is 3. The van der Waals surface area contributed by atoms with Gasteiger partial charge in [0, 0.05) is 36.1 Å². The van der Waals surface area contributed by atoms with Crippen LogP contribution in [-0.4, -0.2) is 63.5 Å². The summed E-state index contributed by atoms with van der Waals surface area (Å²) >= 11 is 12.2. The lowest BCUT2D eigenvalue weighted by Gasteiger charge is -2.31. The second-order valence-corrected chi connectivity index (χ2v) is 12.9. The van der Waals surface area contributed by atoms with Crippen LogP contribution >= 0.6 is 23.2 Å². The predicted molar refractivity (Wildman–Crippen MR) is 148 cm³/mol. The Labute approximate surface area is 235 Å². The zero-order chi connectivity index (χ0) is 27.9. The molecule has 3 heterocycles. The number of primary amides is 1. The molecule has 1 aromatic carbocycles. The van der Waals surface area contributed by atoms with E-state index >= 15 is 0 Å². The number of sulfonamides is 1. The van der Waals surface area contributed by atoms with Crippen LogP contribution in [0.25, 0.3) is 11.2 Å². The van der Waals surface area contributed by atoms with Crippen molar-refractivity contribution in [3.63, 3.8) is 0 Å². The summed E-state index contributed by atoms with van der Waals surface area (Å²) in [6, 6.07) is 2.34. The van der Waals surface area contributed by atoms with Crippen molar-refractivity contribution in [1.82, 2.24) is 23.8 Å². The minimum Gasteiger partial charge on any atom is -0.369 e. The van der Waals surface area contributed by atoms with Gasteiger partial charge in [-0.15, -0.1) is 0 Å². The van der Waals surface area contributed by atoms with Crippen LogP contribution < -0.4 is 16.4 Å². The molecular weight excluding hydrogens is 570 g/mol. The molecular formula is C24H29Cl2FN8O3S. The number of rotatable bonds is 7. The van der Waals surface area contributed by atoms with Gasteiger partial charge in [0.1, 0.15) is 11.3 Å². The lowest BCUT2D eigenvalue weighted by atomic mass is 9.85. The summed E-state index contributed by atoms with van der Waals surface area (Å²) in [5.74, 6) is -0.502. The van der Waals surface area contributed by atoms with E-state index in [1.165, 1.54) is 16.6 Å². The molecule has 0 unspecified atom stereocenters. The van der Waals surface area contributed by atoms with Gasteiger partial charge < -0.3 is 16.4 Å². The summed E-state index contributed by atoms with van der Waals surface area (Å²) in [6.45, 7) is 0.800. The maximum absolute atomic E-state index is 14.8. The number of piperidine rings is 1. The van der Waals surface area contributed by atoms with Gasteiger partial charge >= 0.3 is 0 Å². The Balaban J connectivity index is 1.50. The summed E-state index contributed by atoms with van der Waals surface area (Å²) in [6.07, 6.45) is 6.75. The number of hydrogen-bond donors (Lipinski definition) is 3. The SMILES string of the molecule is CS(=O)(=O)N1CCC[C@@H](Nc2ncc3nc(Nc4c(F)cc(Cl)cc4Cl)n(C4CCC(C(N)=O)CC4)c3n2)C1. The molecule has 1 amide bonds. The number of carbonyl (C=O) groups is 1. The molecule has 15 heteroatoms. The molecule has 2 aliphatic rings. The highest BCUT2D eigenvalue weighted by molar-refractivity contribution is 7.88. The molecule has 11 nitrogen and oxygen atoms in total. The first-order valence-electron chi connectivity index (χ1n) is 12.7. The minimum absolute atomic E-state index is 0.0258. The molecule has 0 bridgehead atoms. The molecule has 1 saturated carbocycles. The number of fused-ring (bicyclic) bond motifs is 1. The molecule has 4 N–H and O–H groups in total. The van der Waals surface area contributed by atoms with E-state index in [1.807, 2.05) is 4.57 Å². The van der Waals surface area contributed by atoms with Crippen molar-refractivity contribution in [2.45, 2.75) is 50.6 Å². The highest BCUT2D eigenvalue weighted by atomic mass is 35.5. The molecule has 2 aromatic heterocycles. The second kappa shape index (κ2) is 11.0. The Bertz CT molecular complexity index is 1490. The Kier molecular flexibility index (Phi) is 7.86. The van der Waals surface area contributed by atoms with Gasteiger partial charge in [-0.2, -0.15) is 4.98 Å². The summed E-state index contributed by atoms with van der Waals surface area (Å²) in [7, 11) is -3.31. The van der Waals surface area contributed by atoms with Crippen LogP contribution in [0.15, 0.2) is 18.3 Å². The Morgan fingerprint density at radius 2 is 1.90 bits per heavy atom. The van der Waals surface area contributed by atoms with Crippen LogP contribution in [0.3, 0.4) is 0 Å². The normalized spacial score (nSPS) is 22.6. The molecule has 1 aliphatic heterocycles. The van der Waals surface area contributed by atoms with Crippen LogP contribution in [0.2, 0.25) is 10.0 Å². The number of hydrogen-bond acceptors (Lipinski definition) is 8. The first kappa shape index (κ1) is 27.8. The van der Waals surface area contributed by atoms with Crippen LogP contribution in [0.5, 0.6) is 0 Å². The first-order valence-corrected chi connectivity index (χ1v) is 15.3. The van der Waals surface area contributed by atoms with E-state index in [1.54, 1.807) is 6.20 Å². The number of imidazole rings is 1. The van der Waals surface area contributed by atoms with Crippen LogP contribution in [0.1, 0.15) is 44.6 Å². The standard InChI is InChI=1S/C24H29Cl2FN8O3S/c1-39(37,38)34-8-2-3-15(12-34)30-23-29-11-19-22(33-23)35(16-6-4-13(5-7-16)21(28)36)24(31-19)32-20-17(26)9-14(25)10-18(20)27/h9-11,13,15-16H,2-8,12H2,1H3,(H2,28,36)(H,31,32)(H,29,30,33)/t13?,15-,16?/m1/s1. The molecule has 1 aliphatic carbocycles. The molecule has 39 heavy (non-hydrogen) atoms. The maximum Gasteiger partial charge on any atom is 0.225 e. The number of nitrogens with one attached hydrogen (secondary N) is 2. The van der Waals surface area contributed by atoms with Crippen LogP contribution in [0, 0.1) is 11.7 Å². The Hall–Kier alpha value is -2.74. The Morgan fingerprint density at radius 3 is 2.56 bits per heavy atom. The third-order valence-electron chi connectivity index (χ3n) is 7.33. The van der Waals surface area contributed by atoms with Crippen molar-refractivity contribution in [2.24, 2.45) is 11.7 Å². The van der Waals surface area contributed by atoms with Crippen molar-refractivity contribution < 1.29 is 17.6 Å². The average molecular weight is 600 g/mol. The predicted octanol–water partition coefficient (Wildman–Crippen LogP) is 4.07. The van der Waals surface area contributed by atoms with E-state index in [4.69, 9.17) is 33.9 Å². The summed E-state index contributed by atoms with van der Waals surface area (Å²) in [5, 5.41) is 6.54. The lowest BCUT2D eigenvalue weighted by molar-refractivity contribution is -0.122. The van der Waals surface area contributed by atoms with Gasteiger partial charge in [0.25, 0.3) is 0 Å². The minimum atomic E-state index is -3.31. The van der Waals surface area contributed by atoms with Crippen molar-refractivity contribution in [1.29, 1.82) is 0 Å². The largest absolute Gasteiger partial charge is 0.369 e. The number of nitrogens with zero attached hydrogens (tertiary/aromatic N) is 5. The third-order valence-corrected chi connectivity index (χ3v) is 9.11. The number of benzene rings is 1. The van der Waals surface area contributed by atoms with Crippen LogP contribution in [0.4, 0.5) is 22.0 Å². The Morgan fingerprint density at radius 1 is 1.15 bits per heavy atom. The molecule has 0 spiro atoms. The van der Waals surface area contributed by atoms with Crippen molar-refractivity contribution in [3.05, 3.63) is 34.2 Å². The fourth-order valence-corrected chi connectivity index (χ4v) is 6.76. The number of aromatic nitrogens is 4. The summed E-state index contributed by atoms with van der Waals surface area (Å²) in [4.78, 5) is 25.5. The number of nitrogens with two attached hydrogens (primary N) is 1. The zero-order valence-corrected chi connectivity index (χ0v) is 23.5. The fraction of sp³-hybridized carbons (Fsp3) is 0.500. The zero-order valence-electron chi connectivity index (χ0n) is 21.2. The summed E-state index contributed by atoms with van der Waals surface area (Å²) in [5.41, 5.74) is 6.55. The number of carbonyl (C=O) groups excluding carboxylic acids is 1. The third kappa shape index (κ3) is 6.06. The first-order chi connectivity index (χ1) is 18.5. The van der Waals surface area contributed by atoms with Gasteiger partial charge in [-0.3, -0.25) is 9.36 Å². The van der Waals surface area contributed by atoms with E-state index < -0.39 is 15.8 Å². The lowest BCUT2D eigenvalue weighted by Crippen LogP contribution is -2.44. The van der Waals surface area contributed by atoms with E-state index in [0.717, 1.165) is 18.9 Å². The highest BCUT2D eigenvalue weighted by Crippen LogP contribution is 2.38. The summed E-state index contributed by atoms with van der Waals surface area (Å²) < 4.78 is 42.2. The van der Waals surface area contributed by atoms with E-state index in [0.29, 0.717) is 61.8 Å². The van der Waals surface area contributed by atoms with E-state index in [2.05, 4.69) is 20.6 Å². The highest BCUT2D eigenvalue weighted by Gasteiger charge is 2.30. The van der Waals surface area contributed by atoms with Crippen molar-refractivity contribution >= 4 is 67.9 Å². The topological polar surface area (TPSA) is 148 Å². The molecule has 1 atom stereocenters. The van der Waals surface area contributed by atoms with Crippen molar-refractivity contribution in [3.8, 4) is 0 Å². The quantitative estimate of drug-likeness (QED) is 0.368. The van der Waals surface area contributed by atoms with Crippen LogP contribution in [-0.2, 0) is 14.8 Å². The van der Waals surface area contributed by atoms with E-state index in [-0.39, 0.29) is 39.6 Å². The molecule has 0 radical (unpaired) electrons. The monoisotopic (exact) mass is 598 g/mol. The van der Waals surface area contributed by atoms with Gasteiger partial charge in [0.15, 0.2) is 5.65 Å². The number of amides is 1. The van der Waals surface area contributed by atoms with Gasteiger partial charge in [0.05, 0.1) is 23.2 Å². The molecule has 5 rings (SSSR count). The van der Waals surface area contributed by atoms with Gasteiger partial charge in [-0.25, -0.2) is 27.1 Å². The smallest absolute Gasteiger partial charge is 0.225 e.